The molecule has 3 aromatic rings. The molecule has 1 aliphatic carbocycles. The van der Waals surface area contributed by atoms with Gasteiger partial charge in [0, 0.05) is 29.4 Å². The summed E-state index contributed by atoms with van der Waals surface area (Å²) in [6.07, 6.45) is 4.10. The van der Waals surface area contributed by atoms with Crippen LogP contribution in [0, 0.1) is 12.3 Å². The van der Waals surface area contributed by atoms with Crippen LogP contribution in [0.1, 0.15) is 66.0 Å². The van der Waals surface area contributed by atoms with E-state index in [1.54, 1.807) is 6.92 Å². The largest absolute Gasteiger partial charge is 0.306 e. The van der Waals surface area contributed by atoms with Gasteiger partial charge < -0.3 is 5.32 Å². The zero-order valence-corrected chi connectivity index (χ0v) is 17.7. The molecule has 0 bridgehead atoms. The van der Waals surface area contributed by atoms with E-state index in [-0.39, 0.29) is 17.2 Å². The van der Waals surface area contributed by atoms with Crippen LogP contribution in [-0.4, -0.2) is 15.6 Å². The molecule has 1 unspecified atom stereocenters. The molecular weight excluding hydrogens is 358 g/mol. The van der Waals surface area contributed by atoms with Crippen molar-refractivity contribution in [1.29, 1.82) is 0 Å². The van der Waals surface area contributed by atoms with Crippen molar-refractivity contribution in [1.82, 2.24) is 15.1 Å². The summed E-state index contributed by atoms with van der Waals surface area (Å²) < 4.78 is 2.12. The van der Waals surface area contributed by atoms with E-state index in [1.807, 2.05) is 24.4 Å². The summed E-state index contributed by atoms with van der Waals surface area (Å²) >= 11 is 0. The van der Waals surface area contributed by atoms with Crippen LogP contribution in [0.3, 0.4) is 0 Å². The van der Waals surface area contributed by atoms with Crippen molar-refractivity contribution in [3.05, 3.63) is 82.7 Å². The predicted molar refractivity (Wildman–Crippen MR) is 116 cm³/mol. The molecule has 0 saturated carbocycles. The van der Waals surface area contributed by atoms with Crippen molar-refractivity contribution in [2.24, 2.45) is 5.41 Å². The first-order valence-electron chi connectivity index (χ1n) is 10.3. The normalized spacial score (nSPS) is 17.7. The van der Waals surface area contributed by atoms with Gasteiger partial charge in [0.2, 0.25) is 0 Å². The standard InChI is InChI=1S/C25H29N3O/c1-17-8-5-6-11-23(17)28-24-14-25(3,4)13-22(21(24)16-27-28)26-15-19-9-7-10-20(12-19)18(2)29/h5-12,16,22,26H,13-15H2,1-4H3. The predicted octanol–water partition coefficient (Wildman–Crippen LogP) is 5.19. The third kappa shape index (κ3) is 4.03. The Balaban J connectivity index is 1.63. The number of nitrogens with zero attached hydrogens (tertiary/aromatic N) is 2. The highest BCUT2D eigenvalue weighted by atomic mass is 16.1. The molecule has 4 heteroatoms. The number of aromatic nitrogens is 2. The minimum absolute atomic E-state index is 0.104. The van der Waals surface area contributed by atoms with Gasteiger partial charge in [-0.2, -0.15) is 5.10 Å². The van der Waals surface area contributed by atoms with Crippen molar-refractivity contribution in [3.8, 4) is 5.69 Å². The maximum absolute atomic E-state index is 11.7. The van der Waals surface area contributed by atoms with Crippen molar-refractivity contribution >= 4 is 5.78 Å². The monoisotopic (exact) mass is 387 g/mol. The summed E-state index contributed by atoms with van der Waals surface area (Å²) in [5, 5.41) is 8.50. The Morgan fingerprint density at radius 3 is 2.76 bits per heavy atom. The lowest BCUT2D eigenvalue weighted by Gasteiger charge is -2.36. The lowest BCUT2D eigenvalue weighted by molar-refractivity contribution is 0.101. The SMILES string of the molecule is CC(=O)c1cccc(CNC2CC(C)(C)Cc3c2cnn3-c2ccccc2C)c1. The molecule has 0 saturated heterocycles. The summed E-state index contributed by atoms with van der Waals surface area (Å²) in [6.45, 7) is 9.14. The fraction of sp³-hybridized carbons (Fsp3) is 0.360. The number of hydrogen-bond acceptors (Lipinski definition) is 3. The number of fused-ring (bicyclic) bond motifs is 1. The van der Waals surface area contributed by atoms with Gasteiger partial charge in [0.1, 0.15) is 0 Å². The maximum Gasteiger partial charge on any atom is 0.159 e. The van der Waals surface area contributed by atoms with E-state index in [0.29, 0.717) is 0 Å². The Hall–Kier alpha value is -2.72. The number of benzene rings is 2. The van der Waals surface area contributed by atoms with Gasteiger partial charge in [-0.3, -0.25) is 4.79 Å². The summed E-state index contributed by atoms with van der Waals surface area (Å²) in [4.78, 5) is 11.7. The quantitative estimate of drug-likeness (QED) is 0.613. The molecule has 0 fully saturated rings. The highest BCUT2D eigenvalue weighted by Gasteiger charge is 2.35. The van der Waals surface area contributed by atoms with E-state index >= 15 is 0 Å². The van der Waals surface area contributed by atoms with Crippen molar-refractivity contribution in [2.45, 2.75) is 53.1 Å². The maximum atomic E-state index is 11.7. The molecule has 0 aliphatic heterocycles. The van der Waals surface area contributed by atoms with Crippen LogP contribution < -0.4 is 5.32 Å². The minimum atomic E-state index is 0.104. The average molecular weight is 388 g/mol. The van der Waals surface area contributed by atoms with Crippen molar-refractivity contribution in [2.75, 3.05) is 0 Å². The van der Waals surface area contributed by atoms with E-state index in [2.05, 4.69) is 61.1 Å². The summed E-state index contributed by atoms with van der Waals surface area (Å²) in [5.74, 6) is 0.104. The van der Waals surface area contributed by atoms with E-state index < -0.39 is 0 Å². The van der Waals surface area contributed by atoms with Crippen molar-refractivity contribution in [3.63, 3.8) is 0 Å². The third-order valence-electron chi connectivity index (χ3n) is 5.91. The minimum Gasteiger partial charge on any atom is -0.306 e. The molecule has 4 nitrogen and oxygen atoms in total. The van der Waals surface area contributed by atoms with Crippen LogP contribution in [0.25, 0.3) is 5.69 Å². The van der Waals surface area contributed by atoms with Gasteiger partial charge in [-0.25, -0.2) is 4.68 Å². The first kappa shape index (κ1) is 19.6. The van der Waals surface area contributed by atoms with Gasteiger partial charge >= 0.3 is 0 Å². The molecule has 0 radical (unpaired) electrons. The number of carbonyl (C=O) groups excluding carboxylic acids is 1. The van der Waals surface area contributed by atoms with Crippen LogP contribution in [-0.2, 0) is 13.0 Å². The van der Waals surface area contributed by atoms with Crippen LogP contribution in [0.15, 0.2) is 54.7 Å². The number of rotatable bonds is 5. The lowest BCUT2D eigenvalue weighted by atomic mass is 9.74. The Morgan fingerprint density at radius 2 is 2.00 bits per heavy atom. The first-order valence-corrected chi connectivity index (χ1v) is 10.3. The van der Waals surface area contributed by atoms with E-state index in [1.165, 1.54) is 16.8 Å². The first-order chi connectivity index (χ1) is 13.8. The van der Waals surface area contributed by atoms with Crippen molar-refractivity contribution < 1.29 is 4.79 Å². The third-order valence-corrected chi connectivity index (χ3v) is 5.91. The van der Waals surface area contributed by atoms with Gasteiger partial charge in [-0.05, 0) is 55.4 Å². The number of carbonyl (C=O) groups is 1. The van der Waals surface area contributed by atoms with Crippen LogP contribution >= 0.6 is 0 Å². The van der Waals surface area contributed by atoms with Crippen LogP contribution in [0.5, 0.6) is 0 Å². The highest BCUT2D eigenvalue weighted by Crippen LogP contribution is 2.41. The Kier molecular flexibility index (Phi) is 5.13. The van der Waals surface area contributed by atoms with Gasteiger partial charge in [-0.15, -0.1) is 0 Å². The van der Waals surface area contributed by atoms with Gasteiger partial charge in [-0.1, -0.05) is 50.2 Å². The van der Waals surface area contributed by atoms with E-state index in [0.717, 1.165) is 36.2 Å². The fourth-order valence-corrected chi connectivity index (χ4v) is 4.37. The Labute approximate surface area is 173 Å². The van der Waals surface area contributed by atoms with Gasteiger partial charge in [0.25, 0.3) is 0 Å². The van der Waals surface area contributed by atoms with Crippen LogP contribution in [0.2, 0.25) is 0 Å². The highest BCUT2D eigenvalue weighted by molar-refractivity contribution is 5.94. The number of para-hydroxylation sites is 1. The zero-order valence-electron chi connectivity index (χ0n) is 17.7. The van der Waals surface area contributed by atoms with Gasteiger partial charge in [0.15, 0.2) is 5.78 Å². The second-order valence-electron chi connectivity index (χ2n) is 8.98. The summed E-state index contributed by atoms with van der Waals surface area (Å²) in [6, 6.07) is 16.6. The van der Waals surface area contributed by atoms with E-state index in [9.17, 15) is 4.79 Å². The number of aryl methyl sites for hydroxylation is 1. The summed E-state index contributed by atoms with van der Waals surface area (Å²) in [5.41, 5.74) is 7.05. The molecule has 1 atom stereocenters. The number of ketones is 1. The average Bonchev–Trinajstić information content (AvgIpc) is 3.09. The molecule has 1 N–H and O–H groups in total. The number of Topliss-reactive ketones (excluding diaryl/α,β-unsaturated/α-hetero) is 1. The molecule has 0 amide bonds. The molecule has 1 aliphatic rings. The molecule has 1 aromatic heterocycles. The number of hydrogen-bond donors (Lipinski definition) is 1. The smallest absolute Gasteiger partial charge is 0.159 e. The Bertz CT molecular complexity index is 1050. The van der Waals surface area contributed by atoms with Gasteiger partial charge in [0.05, 0.1) is 11.9 Å². The topological polar surface area (TPSA) is 46.9 Å². The number of nitrogens with one attached hydrogen (secondary N) is 1. The zero-order chi connectivity index (χ0) is 20.6. The van der Waals surface area contributed by atoms with E-state index in [4.69, 9.17) is 5.10 Å². The molecule has 150 valence electrons. The molecule has 1 heterocycles. The molecular formula is C25H29N3O. The Morgan fingerprint density at radius 1 is 1.21 bits per heavy atom. The summed E-state index contributed by atoms with van der Waals surface area (Å²) in [7, 11) is 0. The molecule has 0 spiro atoms. The second-order valence-corrected chi connectivity index (χ2v) is 8.98. The fourth-order valence-electron chi connectivity index (χ4n) is 4.37. The second kappa shape index (κ2) is 7.60. The van der Waals surface area contributed by atoms with Crippen LogP contribution in [0.4, 0.5) is 0 Å². The lowest BCUT2D eigenvalue weighted by Crippen LogP contribution is -2.33. The molecule has 4 rings (SSSR count). The molecule has 29 heavy (non-hydrogen) atoms. The molecule has 2 aromatic carbocycles.